The van der Waals surface area contributed by atoms with Crippen LogP contribution >= 0.6 is 27.7 Å². The van der Waals surface area contributed by atoms with Crippen LogP contribution in [0.5, 0.6) is 5.75 Å². The van der Waals surface area contributed by atoms with Crippen molar-refractivity contribution in [1.29, 1.82) is 0 Å². The minimum atomic E-state index is 0.808. The Labute approximate surface area is 92.0 Å². The maximum Gasteiger partial charge on any atom is 0.119 e. The maximum absolute atomic E-state index is 5.53. The SMILES string of the molecule is CSCCCOc1ccc(Br)cc1. The zero-order chi connectivity index (χ0) is 9.52. The van der Waals surface area contributed by atoms with Gasteiger partial charge in [0.2, 0.25) is 0 Å². The predicted octanol–water partition coefficient (Wildman–Crippen LogP) is 3.58. The van der Waals surface area contributed by atoms with Gasteiger partial charge in [0, 0.05) is 4.47 Å². The lowest BCUT2D eigenvalue weighted by Gasteiger charge is -2.04. The van der Waals surface area contributed by atoms with Gasteiger partial charge in [0.1, 0.15) is 5.75 Å². The summed E-state index contributed by atoms with van der Waals surface area (Å²) in [7, 11) is 0. The van der Waals surface area contributed by atoms with E-state index in [2.05, 4.69) is 22.2 Å². The molecular weight excluding hydrogens is 248 g/mol. The second-order valence-electron chi connectivity index (χ2n) is 2.65. The van der Waals surface area contributed by atoms with Gasteiger partial charge in [0.05, 0.1) is 6.61 Å². The third kappa shape index (κ3) is 4.58. The fraction of sp³-hybridized carbons (Fsp3) is 0.400. The van der Waals surface area contributed by atoms with E-state index < -0.39 is 0 Å². The van der Waals surface area contributed by atoms with Crippen molar-refractivity contribution < 1.29 is 4.74 Å². The molecule has 0 aliphatic rings. The van der Waals surface area contributed by atoms with Gasteiger partial charge >= 0.3 is 0 Å². The number of halogens is 1. The summed E-state index contributed by atoms with van der Waals surface area (Å²) in [6.07, 6.45) is 3.22. The molecule has 3 heteroatoms. The highest BCUT2D eigenvalue weighted by molar-refractivity contribution is 9.10. The van der Waals surface area contributed by atoms with Crippen LogP contribution in [0.3, 0.4) is 0 Å². The van der Waals surface area contributed by atoms with Crippen LogP contribution in [0.1, 0.15) is 6.42 Å². The average Bonchev–Trinajstić information content (AvgIpc) is 2.15. The minimum absolute atomic E-state index is 0.808. The highest BCUT2D eigenvalue weighted by Gasteiger charge is 1.92. The lowest BCUT2D eigenvalue weighted by molar-refractivity contribution is 0.318. The van der Waals surface area contributed by atoms with E-state index in [1.165, 1.54) is 0 Å². The highest BCUT2D eigenvalue weighted by Crippen LogP contribution is 2.16. The van der Waals surface area contributed by atoms with Gasteiger partial charge in [0.15, 0.2) is 0 Å². The largest absolute Gasteiger partial charge is 0.494 e. The van der Waals surface area contributed by atoms with Crippen molar-refractivity contribution in [3.05, 3.63) is 28.7 Å². The summed E-state index contributed by atoms with van der Waals surface area (Å²) in [6, 6.07) is 7.93. The molecule has 0 aliphatic heterocycles. The molecule has 0 fully saturated rings. The normalized spacial score (nSPS) is 10.0. The summed E-state index contributed by atoms with van der Waals surface area (Å²) >= 11 is 5.23. The minimum Gasteiger partial charge on any atom is -0.494 e. The number of thioether (sulfide) groups is 1. The Morgan fingerprint density at radius 1 is 1.31 bits per heavy atom. The number of benzene rings is 1. The van der Waals surface area contributed by atoms with Crippen LogP contribution in [0.2, 0.25) is 0 Å². The van der Waals surface area contributed by atoms with Crippen molar-refractivity contribution in [3.63, 3.8) is 0 Å². The third-order valence-corrected chi connectivity index (χ3v) is 2.80. The zero-order valence-corrected chi connectivity index (χ0v) is 10.0. The molecule has 0 saturated carbocycles. The molecule has 0 N–H and O–H groups in total. The van der Waals surface area contributed by atoms with Crippen molar-refractivity contribution >= 4 is 27.7 Å². The van der Waals surface area contributed by atoms with Gasteiger partial charge in [-0.25, -0.2) is 0 Å². The van der Waals surface area contributed by atoms with Crippen molar-refractivity contribution in [1.82, 2.24) is 0 Å². The monoisotopic (exact) mass is 260 g/mol. The Morgan fingerprint density at radius 3 is 2.62 bits per heavy atom. The van der Waals surface area contributed by atoms with Crippen molar-refractivity contribution in [2.75, 3.05) is 18.6 Å². The van der Waals surface area contributed by atoms with E-state index in [-0.39, 0.29) is 0 Å². The van der Waals surface area contributed by atoms with Gasteiger partial charge in [-0.3, -0.25) is 0 Å². The number of hydrogen-bond acceptors (Lipinski definition) is 2. The predicted molar refractivity (Wildman–Crippen MR) is 62.6 cm³/mol. The Hall–Kier alpha value is -0.150. The summed E-state index contributed by atoms with van der Waals surface area (Å²) in [6.45, 7) is 0.808. The van der Waals surface area contributed by atoms with Crippen molar-refractivity contribution in [2.24, 2.45) is 0 Å². The molecule has 1 aromatic carbocycles. The molecule has 13 heavy (non-hydrogen) atoms. The molecule has 72 valence electrons. The molecule has 0 aromatic heterocycles. The first-order valence-corrected chi connectivity index (χ1v) is 6.39. The van der Waals surface area contributed by atoms with Crippen LogP contribution in [0, 0.1) is 0 Å². The van der Waals surface area contributed by atoms with Crippen LogP contribution in [0.15, 0.2) is 28.7 Å². The fourth-order valence-electron chi connectivity index (χ4n) is 0.924. The number of rotatable bonds is 5. The molecule has 0 saturated heterocycles. The summed E-state index contributed by atoms with van der Waals surface area (Å²) in [5.41, 5.74) is 0. The molecule has 0 amide bonds. The smallest absolute Gasteiger partial charge is 0.119 e. The molecular formula is C10H13BrOS. The molecule has 1 nitrogen and oxygen atoms in total. The molecule has 0 unspecified atom stereocenters. The lowest BCUT2D eigenvalue weighted by Crippen LogP contribution is -1.97. The van der Waals surface area contributed by atoms with E-state index in [4.69, 9.17) is 4.74 Å². The quantitative estimate of drug-likeness (QED) is 0.749. The van der Waals surface area contributed by atoms with E-state index in [1.807, 2.05) is 36.0 Å². The van der Waals surface area contributed by atoms with E-state index in [0.29, 0.717) is 0 Å². The summed E-state index contributed by atoms with van der Waals surface area (Å²) in [5, 5.41) is 0. The van der Waals surface area contributed by atoms with E-state index >= 15 is 0 Å². The zero-order valence-electron chi connectivity index (χ0n) is 7.63. The van der Waals surface area contributed by atoms with Crippen LogP contribution in [0.4, 0.5) is 0 Å². The molecule has 0 bridgehead atoms. The molecule has 0 spiro atoms. The van der Waals surface area contributed by atoms with Crippen LogP contribution in [-0.4, -0.2) is 18.6 Å². The summed E-state index contributed by atoms with van der Waals surface area (Å²) < 4.78 is 6.62. The van der Waals surface area contributed by atoms with Crippen molar-refractivity contribution in [3.8, 4) is 5.75 Å². The molecule has 0 radical (unpaired) electrons. The van der Waals surface area contributed by atoms with Crippen LogP contribution in [0.25, 0.3) is 0 Å². The van der Waals surface area contributed by atoms with Gasteiger partial charge in [-0.1, -0.05) is 15.9 Å². The molecule has 0 atom stereocenters. The highest BCUT2D eigenvalue weighted by atomic mass is 79.9. The molecule has 1 rings (SSSR count). The molecule has 1 aromatic rings. The van der Waals surface area contributed by atoms with E-state index in [0.717, 1.165) is 29.0 Å². The number of hydrogen-bond donors (Lipinski definition) is 0. The van der Waals surface area contributed by atoms with E-state index in [9.17, 15) is 0 Å². The Balaban J connectivity index is 2.25. The molecule has 0 heterocycles. The van der Waals surface area contributed by atoms with Gasteiger partial charge < -0.3 is 4.74 Å². The van der Waals surface area contributed by atoms with Gasteiger partial charge in [0.25, 0.3) is 0 Å². The standard InChI is InChI=1S/C10H13BrOS/c1-13-8-2-7-12-10-5-3-9(11)4-6-10/h3-6H,2,7-8H2,1H3. The van der Waals surface area contributed by atoms with Gasteiger partial charge in [-0.05, 0) is 42.7 Å². The van der Waals surface area contributed by atoms with Crippen LogP contribution < -0.4 is 4.74 Å². The Morgan fingerprint density at radius 2 is 2.00 bits per heavy atom. The van der Waals surface area contributed by atoms with Gasteiger partial charge in [-0.2, -0.15) is 11.8 Å². The van der Waals surface area contributed by atoms with Crippen molar-refractivity contribution in [2.45, 2.75) is 6.42 Å². The molecule has 0 aliphatic carbocycles. The average molecular weight is 261 g/mol. The Bertz CT molecular complexity index is 235. The van der Waals surface area contributed by atoms with Crippen LogP contribution in [-0.2, 0) is 0 Å². The van der Waals surface area contributed by atoms with Gasteiger partial charge in [-0.15, -0.1) is 0 Å². The third-order valence-electron chi connectivity index (χ3n) is 1.58. The second-order valence-corrected chi connectivity index (χ2v) is 4.55. The summed E-state index contributed by atoms with van der Waals surface area (Å²) in [5.74, 6) is 2.11. The second kappa shape index (κ2) is 6.33. The first-order valence-electron chi connectivity index (χ1n) is 4.20. The maximum atomic E-state index is 5.53. The lowest BCUT2D eigenvalue weighted by atomic mass is 10.3. The first-order chi connectivity index (χ1) is 6.33. The first kappa shape index (κ1) is 10.9. The summed E-state index contributed by atoms with van der Waals surface area (Å²) in [4.78, 5) is 0. The topological polar surface area (TPSA) is 9.23 Å². The number of ether oxygens (including phenoxy) is 1. The Kier molecular flexibility index (Phi) is 5.32. The van der Waals surface area contributed by atoms with E-state index in [1.54, 1.807) is 0 Å². The fourth-order valence-corrected chi connectivity index (χ4v) is 1.59.